The van der Waals surface area contributed by atoms with Crippen molar-refractivity contribution in [1.82, 2.24) is 5.32 Å². The van der Waals surface area contributed by atoms with Crippen LogP contribution in [0.3, 0.4) is 0 Å². The fourth-order valence-electron chi connectivity index (χ4n) is 2.14. The Morgan fingerprint density at radius 1 is 1.44 bits per heavy atom. The standard InChI is InChI=1S/C12H14BrF2N/c1-8-4-5-9(13)7-10(8)12(14,15)11-3-2-6-16-11/h4-5,7,11,16H,2-3,6H2,1H3. The van der Waals surface area contributed by atoms with Gasteiger partial charge in [0, 0.05) is 10.0 Å². The van der Waals surface area contributed by atoms with Crippen molar-refractivity contribution in [2.75, 3.05) is 6.54 Å². The highest BCUT2D eigenvalue weighted by Crippen LogP contribution is 2.38. The molecule has 0 spiro atoms. The second-order valence-electron chi connectivity index (χ2n) is 4.23. The lowest BCUT2D eigenvalue weighted by Gasteiger charge is -2.25. The van der Waals surface area contributed by atoms with Crippen LogP contribution in [-0.4, -0.2) is 12.6 Å². The summed E-state index contributed by atoms with van der Waals surface area (Å²) >= 11 is 3.24. The monoisotopic (exact) mass is 289 g/mol. The first-order chi connectivity index (χ1) is 7.51. The third kappa shape index (κ3) is 2.13. The summed E-state index contributed by atoms with van der Waals surface area (Å²) in [5.74, 6) is -2.79. The molecule has 16 heavy (non-hydrogen) atoms. The molecule has 4 heteroatoms. The molecule has 1 saturated heterocycles. The first-order valence-corrected chi connectivity index (χ1v) is 6.19. The number of rotatable bonds is 2. The Morgan fingerprint density at radius 3 is 2.81 bits per heavy atom. The molecule has 1 unspecified atom stereocenters. The van der Waals surface area contributed by atoms with E-state index in [2.05, 4.69) is 21.2 Å². The summed E-state index contributed by atoms with van der Waals surface area (Å²) in [6.45, 7) is 2.41. The molecule has 1 fully saturated rings. The van der Waals surface area contributed by atoms with Crippen molar-refractivity contribution in [3.63, 3.8) is 0 Å². The summed E-state index contributed by atoms with van der Waals surface area (Å²) < 4.78 is 29.1. The molecule has 1 nitrogen and oxygen atoms in total. The fraction of sp³-hybridized carbons (Fsp3) is 0.500. The van der Waals surface area contributed by atoms with E-state index < -0.39 is 12.0 Å². The molecule has 1 aromatic carbocycles. The maximum Gasteiger partial charge on any atom is 0.288 e. The van der Waals surface area contributed by atoms with Crippen LogP contribution < -0.4 is 5.32 Å². The third-order valence-electron chi connectivity index (χ3n) is 3.06. The number of nitrogens with one attached hydrogen (secondary N) is 1. The quantitative estimate of drug-likeness (QED) is 0.877. The van der Waals surface area contributed by atoms with Crippen molar-refractivity contribution >= 4 is 15.9 Å². The smallest absolute Gasteiger partial charge is 0.288 e. The van der Waals surface area contributed by atoms with Crippen molar-refractivity contribution < 1.29 is 8.78 Å². The number of hydrogen-bond donors (Lipinski definition) is 1. The van der Waals surface area contributed by atoms with E-state index in [1.807, 2.05) is 0 Å². The minimum Gasteiger partial charge on any atom is -0.308 e. The summed E-state index contributed by atoms with van der Waals surface area (Å²) in [6.07, 6.45) is 1.37. The summed E-state index contributed by atoms with van der Waals surface area (Å²) in [5.41, 5.74) is 0.767. The molecule has 0 aromatic heterocycles. The number of hydrogen-bond acceptors (Lipinski definition) is 1. The van der Waals surface area contributed by atoms with E-state index in [1.54, 1.807) is 19.1 Å². The van der Waals surface area contributed by atoms with Crippen molar-refractivity contribution in [3.8, 4) is 0 Å². The highest BCUT2D eigenvalue weighted by molar-refractivity contribution is 9.10. The number of halogens is 3. The lowest BCUT2D eigenvalue weighted by atomic mass is 9.96. The molecule has 0 bridgehead atoms. The van der Waals surface area contributed by atoms with Crippen LogP contribution in [0.1, 0.15) is 24.0 Å². The van der Waals surface area contributed by atoms with Crippen LogP contribution in [0.5, 0.6) is 0 Å². The van der Waals surface area contributed by atoms with Crippen LogP contribution in [0.2, 0.25) is 0 Å². The molecule has 1 aromatic rings. The van der Waals surface area contributed by atoms with Gasteiger partial charge < -0.3 is 5.32 Å². The van der Waals surface area contributed by atoms with Crippen molar-refractivity contribution in [2.45, 2.75) is 31.7 Å². The van der Waals surface area contributed by atoms with Gasteiger partial charge in [-0.15, -0.1) is 0 Å². The third-order valence-corrected chi connectivity index (χ3v) is 3.55. The van der Waals surface area contributed by atoms with Crippen LogP contribution in [-0.2, 0) is 5.92 Å². The van der Waals surface area contributed by atoms with Crippen LogP contribution >= 0.6 is 15.9 Å². The normalized spacial score (nSPS) is 21.4. The zero-order valence-electron chi connectivity index (χ0n) is 9.06. The fourth-order valence-corrected chi connectivity index (χ4v) is 2.50. The second-order valence-corrected chi connectivity index (χ2v) is 5.15. The minimum atomic E-state index is -2.79. The summed E-state index contributed by atoms with van der Waals surface area (Å²) in [4.78, 5) is 0. The molecule has 1 heterocycles. The Morgan fingerprint density at radius 2 is 2.19 bits per heavy atom. The van der Waals surface area contributed by atoms with Gasteiger partial charge in [0.2, 0.25) is 0 Å². The van der Waals surface area contributed by atoms with Crippen molar-refractivity contribution in [2.24, 2.45) is 0 Å². The Bertz CT molecular complexity index is 387. The van der Waals surface area contributed by atoms with Gasteiger partial charge in [0.25, 0.3) is 5.92 Å². The molecular formula is C12H14BrF2N. The minimum absolute atomic E-state index is 0.126. The van der Waals surface area contributed by atoms with E-state index in [0.717, 1.165) is 6.42 Å². The van der Waals surface area contributed by atoms with Gasteiger partial charge in [-0.05, 0) is 44.0 Å². The van der Waals surface area contributed by atoms with E-state index in [0.29, 0.717) is 23.0 Å². The number of benzene rings is 1. The Labute approximate surface area is 102 Å². The maximum atomic E-state index is 14.2. The first kappa shape index (κ1) is 12.0. The van der Waals surface area contributed by atoms with Gasteiger partial charge in [-0.3, -0.25) is 0 Å². The average Bonchev–Trinajstić information content (AvgIpc) is 2.75. The first-order valence-electron chi connectivity index (χ1n) is 5.39. The molecule has 0 radical (unpaired) electrons. The van der Waals surface area contributed by atoms with E-state index in [9.17, 15) is 8.78 Å². The summed E-state index contributed by atoms with van der Waals surface area (Å²) in [6, 6.07) is 4.31. The molecule has 2 rings (SSSR count). The topological polar surface area (TPSA) is 12.0 Å². The van der Waals surface area contributed by atoms with E-state index in [4.69, 9.17) is 0 Å². The Hall–Kier alpha value is -0.480. The molecule has 1 atom stereocenters. The molecule has 0 saturated carbocycles. The number of aryl methyl sites for hydroxylation is 1. The molecule has 0 aliphatic carbocycles. The second kappa shape index (κ2) is 4.41. The Kier molecular flexibility index (Phi) is 3.31. The van der Waals surface area contributed by atoms with Crippen molar-refractivity contribution in [1.29, 1.82) is 0 Å². The van der Waals surface area contributed by atoms with Crippen molar-refractivity contribution in [3.05, 3.63) is 33.8 Å². The Balaban J connectivity index is 2.37. The van der Waals surface area contributed by atoms with Gasteiger partial charge in [-0.25, -0.2) is 0 Å². The molecule has 1 aliphatic rings. The lowest BCUT2D eigenvalue weighted by molar-refractivity contribution is -0.0382. The maximum absolute atomic E-state index is 14.2. The van der Waals surface area contributed by atoms with Gasteiger partial charge in [0.15, 0.2) is 0 Å². The van der Waals surface area contributed by atoms with Crippen LogP contribution in [0.25, 0.3) is 0 Å². The zero-order valence-corrected chi connectivity index (χ0v) is 10.7. The SMILES string of the molecule is Cc1ccc(Br)cc1C(F)(F)C1CCCN1. The largest absolute Gasteiger partial charge is 0.308 e. The molecule has 1 N–H and O–H groups in total. The van der Waals surface area contributed by atoms with Gasteiger partial charge in [0.05, 0.1) is 6.04 Å². The molecule has 0 amide bonds. The predicted octanol–water partition coefficient (Wildman–Crippen LogP) is 3.60. The van der Waals surface area contributed by atoms with E-state index in [1.165, 1.54) is 6.07 Å². The highest BCUT2D eigenvalue weighted by Gasteiger charge is 2.43. The average molecular weight is 290 g/mol. The van der Waals surface area contributed by atoms with Gasteiger partial charge in [-0.1, -0.05) is 22.0 Å². The van der Waals surface area contributed by atoms with E-state index >= 15 is 0 Å². The lowest BCUT2D eigenvalue weighted by Crippen LogP contribution is -2.39. The van der Waals surface area contributed by atoms with Gasteiger partial charge in [-0.2, -0.15) is 8.78 Å². The predicted molar refractivity (Wildman–Crippen MR) is 63.8 cm³/mol. The van der Waals surface area contributed by atoms with Crippen LogP contribution in [0, 0.1) is 6.92 Å². The highest BCUT2D eigenvalue weighted by atomic mass is 79.9. The van der Waals surface area contributed by atoms with Gasteiger partial charge in [0.1, 0.15) is 0 Å². The van der Waals surface area contributed by atoms with Crippen LogP contribution in [0.4, 0.5) is 8.78 Å². The van der Waals surface area contributed by atoms with Gasteiger partial charge >= 0.3 is 0 Å². The molecular weight excluding hydrogens is 276 g/mol. The van der Waals surface area contributed by atoms with Crippen LogP contribution in [0.15, 0.2) is 22.7 Å². The van der Waals surface area contributed by atoms with E-state index in [-0.39, 0.29) is 5.56 Å². The summed E-state index contributed by atoms with van der Waals surface area (Å²) in [7, 11) is 0. The molecule has 88 valence electrons. The molecule has 1 aliphatic heterocycles. The zero-order chi connectivity index (χ0) is 11.8. The summed E-state index contributed by atoms with van der Waals surface area (Å²) in [5, 5.41) is 2.88. The number of alkyl halides is 2.